The van der Waals surface area contributed by atoms with E-state index < -0.39 is 0 Å². The summed E-state index contributed by atoms with van der Waals surface area (Å²) in [5, 5.41) is 4.16. The number of hydrogen-bond acceptors (Lipinski definition) is 6. The third-order valence-corrected chi connectivity index (χ3v) is 7.00. The molecule has 1 atom stereocenters. The van der Waals surface area contributed by atoms with E-state index in [0.717, 1.165) is 16.7 Å². The molecule has 180 valence electrons. The summed E-state index contributed by atoms with van der Waals surface area (Å²) in [5.74, 6) is 1.46. The van der Waals surface area contributed by atoms with Gasteiger partial charge >= 0.3 is 0 Å². The maximum atomic E-state index is 12.7. The monoisotopic (exact) mass is 489 g/mol. The summed E-state index contributed by atoms with van der Waals surface area (Å²) >= 11 is 1.60. The van der Waals surface area contributed by atoms with Crippen molar-refractivity contribution in [2.45, 2.75) is 18.8 Å². The molecule has 0 bridgehead atoms. The zero-order valence-corrected chi connectivity index (χ0v) is 20.7. The summed E-state index contributed by atoms with van der Waals surface area (Å²) in [6.07, 6.45) is 0. The molecule has 7 nitrogen and oxygen atoms in total. The van der Waals surface area contributed by atoms with Gasteiger partial charge in [-0.1, -0.05) is 42.5 Å². The Kier molecular flexibility index (Phi) is 7.72. The van der Waals surface area contributed by atoms with E-state index in [9.17, 15) is 9.59 Å². The number of thioether (sulfide) groups is 1. The number of nitrogens with one attached hydrogen (secondary N) is 1. The second-order valence-corrected chi connectivity index (χ2v) is 9.07. The number of rotatable bonds is 8. The third kappa shape index (κ3) is 5.66. The number of amides is 2. The average molecular weight is 490 g/mol. The molecule has 8 heteroatoms. The van der Waals surface area contributed by atoms with Gasteiger partial charge in [-0.05, 0) is 48.4 Å². The molecular weight excluding hydrogens is 462 g/mol. The molecular formula is C27H27N3O4S. The summed E-state index contributed by atoms with van der Waals surface area (Å²) in [6.45, 7) is 2.37. The highest BCUT2D eigenvalue weighted by molar-refractivity contribution is 8.00. The highest BCUT2D eigenvalue weighted by atomic mass is 32.2. The van der Waals surface area contributed by atoms with Gasteiger partial charge in [-0.15, -0.1) is 11.8 Å². The molecule has 0 radical (unpaired) electrons. The van der Waals surface area contributed by atoms with Gasteiger partial charge < -0.3 is 14.4 Å². The average Bonchev–Trinajstić information content (AvgIpc) is 3.26. The van der Waals surface area contributed by atoms with Crippen LogP contribution in [0.25, 0.3) is 0 Å². The van der Waals surface area contributed by atoms with Gasteiger partial charge in [0.1, 0.15) is 5.37 Å². The van der Waals surface area contributed by atoms with Gasteiger partial charge in [0.25, 0.3) is 5.91 Å². The van der Waals surface area contributed by atoms with Crippen LogP contribution in [-0.2, 0) is 11.3 Å². The zero-order valence-electron chi connectivity index (χ0n) is 19.9. The number of benzene rings is 3. The van der Waals surface area contributed by atoms with Crippen LogP contribution >= 0.6 is 11.8 Å². The van der Waals surface area contributed by atoms with Crippen molar-refractivity contribution in [2.24, 2.45) is 5.10 Å². The lowest BCUT2D eigenvalue weighted by molar-refractivity contribution is -0.128. The minimum atomic E-state index is -0.312. The molecule has 0 aromatic heterocycles. The molecule has 4 rings (SSSR count). The normalized spacial score (nSPS) is 15.7. The van der Waals surface area contributed by atoms with E-state index in [0.29, 0.717) is 35.1 Å². The fourth-order valence-corrected chi connectivity index (χ4v) is 4.99. The molecule has 0 aliphatic carbocycles. The van der Waals surface area contributed by atoms with E-state index in [1.165, 1.54) is 0 Å². The van der Waals surface area contributed by atoms with Crippen LogP contribution in [0.2, 0.25) is 0 Å². The van der Waals surface area contributed by atoms with Gasteiger partial charge in [-0.25, -0.2) is 5.43 Å². The summed E-state index contributed by atoms with van der Waals surface area (Å²) in [5.41, 5.74) is 6.61. The molecule has 2 amide bonds. The summed E-state index contributed by atoms with van der Waals surface area (Å²) < 4.78 is 10.6. The summed E-state index contributed by atoms with van der Waals surface area (Å²) in [7, 11) is 3.15. The Morgan fingerprint density at radius 3 is 2.37 bits per heavy atom. The number of hydrazone groups is 1. The molecule has 0 saturated carbocycles. The number of carbonyl (C=O) groups excluding carboxylic acids is 2. The predicted octanol–water partition coefficient (Wildman–Crippen LogP) is 4.63. The molecule has 3 aromatic rings. The second-order valence-electron chi connectivity index (χ2n) is 8.00. The lowest BCUT2D eigenvalue weighted by atomic mass is 10.1. The Bertz CT molecular complexity index is 1230. The van der Waals surface area contributed by atoms with E-state index in [1.54, 1.807) is 57.2 Å². The Hall–Kier alpha value is -3.78. The molecule has 35 heavy (non-hydrogen) atoms. The van der Waals surface area contributed by atoms with Gasteiger partial charge in [0.05, 0.1) is 25.7 Å². The molecule has 1 fully saturated rings. The van der Waals surface area contributed by atoms with Crippen molar-refractivity contribution in [1.82, 2.24) is 10.3 Å². The van der Waals surface area contributed by atoms with Crippen molar-refractivity contribution < 1.29 is 19.1 Å². The largest absolute Gasteiger partial charge is 0.493 e. The van der Waals surface area contributed by atoms with Gasteiger partial charge in [-0.3, -0.25) is 9.59 Å². The fraction of sp³-hybridized carbons (Fsp3) is 0.222. The van der Waals surface area contributed by atoms with Gasteiger partial charge in [0, 0.05) is 17.7 Å². The van der Waals surface area contributed by atoms with Crippen molar-refractivity contribution in [3.63, 3.8) is 0 Å². The van der Waals surface area contributed by atoms with E-state index in [4.69, 9.17) is 9.47 Å². The lowest BCUT2D eigenvalue weighted by Gasteiger charge is -2.24. The van der Waals surface area contributed by atoms with Crippen LogP contribution in [0.15, 0.2) is 77.9 Å². The minimum absolute atomic E-state index is 0.0786. The standard InChI is InChI=1S/C27H27N3O4S/c1-18(22-13-14-23(33-2)24(15-22)34-3)28-29-26(32)20-9-11-21(12-10-20)27-30(25(31)17-35-27)16-19-7-5-4-6-8-19/h4-15,27H,16-17H2,1-3H3,(H,29,32). The molecule has 1 unspecified atom stereocenters. The SMILES string of the molecule is COc1ccc(C(C)=NNC(=O)c2ccc(C3SCC(=O)N3Cc3ccccc3)cc2)cc1OC. The molecule has 0 spiro atoms. The zero-order chi connectivity index (χ0) is 24.8. The molecule has 1 aliphatic heterocycles. The minimum Gasteiger partial charge on any atom is -0.493 e. The van der Waals surface area contributed by atoms with E-state index in [1.807, 2.05) is 53.4 Å². The number of nitrogens with zero attached hydrogens (tertiary/aromatic N) is 2. The van der Waals surface area contributed by atoms with Crippen LogP contribution in [0.1, 0.15) is 39.3 Å². The smallest absolute Gasteiger partial charge is 0.271 e. The summed E-state index contributed by atoms with van der Waals surface area (Å²) in [4.78, 5) is 27.0. The van der Waals surface area contributed by atoms with E-state index in [-0.39, 0.29) is 17.2 Å². The molecule has 1 N–H and O–H groups in total. The third-order valence-electron chi connectivity index (χ3n) is 5.75. The maximum Gasteiger partial charge on any atom is 0.271 e. The van der Waals surface area contributed by atoms with Crippen LogP contribution in [-0.4, -0.2) is 42.4 Å². The Labute approximate surface area is 209 Å². The second kappa shape index (κ2) is 11.1. The van der Waals surface area contributed by atoms with Crippen LogP contribution < -0.4 is 14.9 Å². The van der Waals surface area contributed by atoms with Gasteiger partial charge in [0.15, 0.2) is 11.5 Å². The Morgan fingerprint density at radius 2 is 1.69 bits per heavy atom. The predicted molar refractivity (Wildman–Crippen MR) is 138 cm³/mol. The van der Waals surface area contributed by atoms with Crippen molar-refractivity contribution in [3.8, 4) is 11.5 Å². The first-order chi connectivity index (χ1) is 17.0. The quantitative estimate of drug-likeness (QED) is 0.369. The van der Waals surface area contributed by atoms with E-state index in [2.05, 4.69) is 10.5 Å². The molecule has 1 heterocycles. The van der Waals surface area contributed by atoms with E-state index >= 15 is 0 Å². The van der Waals surface area contributed by atoms with Crippen molar-refractivity contribution >= 4 is 29.3 Å². The topological polar surface area (TPSA) is 80.2 Å². The Morgan fingerprint density at radius 1 is 1.00 bits per heavy atom. The van der Waals surface area contributed by atoms with Crippen LogP contribution in [0.5, 0.6) is 11.5 Å². The summed E-state index contributed by atoms with van der Waals surface area (Å²) in [6, 6.07) is 22.7. The number of carbonyl (C=O) groups is 2. The fourth-order valence-electron chi connectivity index (χ4n) is 3.81. The van der Waals surface area contributed by atoms with Gasteiger partial charge in [0.2, 0.25) is 5.91 Å². The van der Waals surface area contributed by atoms with Crippen molar-refractivity contribution in [3.05, 3.63) is 95.1 Å². The maximum absolute atomic E-state index is 12.7. The van der Waals surface area contributed by atoms with Crippen LogP contribution in [0.3, 0.4) is 0 Å². The first-order valence-corrected chi connectivity index (χ1v) is 12.2. The van der Waals surface area contributed by atoms with Crippen molar-refractivity contribution in [2.75, 3.05) is 20.0 Å². The number of ether oxygens (including phenoxy) is 2. The molecule has 3 aromatic carbocycles. The highest BCUT2D eigenvalue weighted by Gasteiger charge is 2.32. The van der Waals surface area contributed by atoms with Gasteiger partial charge in [-0.2, -0.15) is 5.10 Å². The number of hydrogen-bond donors (Lipinski definition) is 1. The van der Waals surface area contributed by atoms with Crippen LogP contribution in [0.4, 0.5) is 0 Å². The highest BCUT2D eigenvalue weighted by Crippen LogP contribution is 2.39. The first-order valence-electron chi connectivity index (χ1n) is 11.1. The number of methoxy groups -OCH3 is 2. The first kappa shape index (κ1) is 24.3. The lowest BCUT2D eigenvalue weighted by Crippen LogP contribution is -2.27. The molecule has 1 aliphatic rings. The van der Waals surface area contributed by atoms with Crippen LogP contribution in [0, 0.1) is 0 Å². The molecule has 1 saturated heterocycles. The Balaban J connectivity index is 1.43. The van der Waals surface area contributed by atoms with Crippen molar-refractivity contribution in [1.29, 1.82) is 0 Å².